The molecule has 1 aliphatic carbocycles. The molecule has 4 rings (SSSR count). The van der Waals surface area contributed by atoms with E-state index in [1.165, 1.54) is 0 Å². The van der Waals surface area contributed by atoms with E-state index < -0.39 is 30.4 Å². The molecule has 3 aromatic rings. The standard InChI is InChI=1S/C26H25N3O5/c1-15-11-12-22(16(2)27-15)28-25(32)23(13-24(30)31)29-26(33)34-14-21-19-9-5-3-7-17(19)18-8-4-6-10-20(18)21/h3-12,21,23H,13-14H2,1-2H3,(H,28,32)(H,29,33)(H,30,31). The first kappa shape index (κ1) is 23.0. The van der Waals surface area contributed by atoms with E-state index in [1.54, 1.807) is 19.1 Å². The van der Waals surface area contributed by atoms with Crippen LogP contribution in [0.2, 0.25) is 0 Å². The molecular formula is C26H25N3O5. The van der Waals surface area contributed by atoms with E-state index in [0.29, 0.717) is 11.4 Å². The van der Waals surface area contributed by atoms with Gasteiger partial charge in [-0.05, 0) is 48.2 Å². The van der Waals surface area contributed by atoms with Gasteiger partial charge in [-0.3, -0.25) is 14.6 Å². The lowest BCUT2D eigenvalue weighted by atomic mass is 9.98. The fraction of sp³-hybridized carbons (Fsp3) is 0.231. The fourth-order valence-corrected chi connectivity index (χ4v) is 4.20. The Balaban J connectivity index is 1.43. The van der Waals surface area contributed by atoms with Crippen LogP contribution in [0.1, 0.15) is 34.9 Å². The number of aromatic nitrogens is 1. The van der Waals surface area contributed by atoms with Gasteiger partial charge in [0.05, 0.1) is 17.8 Å². The predicted molar refractivity (Wildman–Crippen MR) is 127 cm³/mol. The Hall–Kier alpha value is -4.20. The quantitative estimate of drug-likeness (QED) is 0.491. The number of pyridine rings is 1. The number of amides is 2. The van der Waals surface area contributed by atoms with Crippen molar-refractivity contribution in [1.82, 2.24) is 10.3 Å². The lowest BCUT2D eigenvalue weighted by Crippen LogP contribution is -2.45. The van der Waals surface area contributed by atoms with Crippen molar-refractivity contribution >= 4 is 23.7 Å². The molecule has 2 amide bonds. The molecular weight excluding hydrogens is 434 g/mol. The Labute approximate surface area is 197 Å². The third-order valence-corrected chi connectivity index (χ3v) is 5.81. The molecule has 1 heterocycles. The summed E-state index contributed by atoms with van der Waals surface area (Å²) in [6, 6.07) is 18.0. The number of carboxylic acid groups (broad SMARTS) is 1. The average molecular weight is 460 g/mol. The molecule has 0 fully saturated rings. The Morgan fingerprint density at radius 2 is 1.59 bits per heavy atom. The highest BCUT2D eigenvalue weighted by Gasteiger charge is 2.30. The van der Waals surface area contributed by atoms with Gasteiger partial charge in [-0.25, -0.2) is 4.79 Å². The summed E-state index contributed by atoms with van der Waals surface area (Å²) < 4.78 is 5.46. The molecule has 1 aliphatic rings. The number of carboxylic acids is 1. The number of rotatable bonds is 7. The number of aryl methyl sites for hydroxylation is 2. The van der Waals surface area contributed by atoms with E-state index in [9.17, 15) is 19.5 Å². The normalized spacial score (nSPS) is 12.9. The minimum Gasteiger partial charge on any atom is -0.481 e. The summed E-state index contributed by atoms with van der Waals surface area (Å²) in [4.78, 5) is 40.9. The SMILES string of the molecule is Cc1ccc(NC(=O)C(CC(=O)O)NC(=O)OCC2c3ccccc3-c3ccccc32)c(C)n1. The highest BCUT2D eigenvalue weighted by molar-refractivity contribution is 5.98. The van der Waals surface area contributed by atoms with E-state index in [1.807, 2.05) is 55.5 Å². The van der Waals surface area contributed by atoms with Crippen LogP contribution in [0.25, 0.3) is 11.1 Å². The van der Waals surface area contributed by atoms with Crippen molar-refractivity contribution in [1.29, 1.82) is 0 Å². The number of hydrogen-bond acceptors (Lipinski definition) is 5. The molecule has 1 unspecified atom stereocenters. The minimum atomic E-state index is -1.31. The maximum Gasteiger partial charge on any atom is 0.407 e. The van der Waals surface area contributed by atoms with Crippen molar-refractivity contribution in [3.8, 4) is 11.1 Å². The molecule has 174 valence electrons. The van der Waals surface area contributed by atoms with Gasteiger partial charge in [0.2, 0.25) is 5.91 Å². The van der Waals surface area contributed by atoms with Gasteiger partial charge >= 0.3 is 12.1 Å². The number of alkyl carbamates (subject to hydrolysis) is 1. The van der Waals surface area contributed by atoms with Gasteiger partial charge in [-0.1, -0.05) is 48.5 Å². The van der Waals surface area contributed by atoms with E-state index in [-0.39, 0.29) is 12.5 Å². The molecule has 34 heavy (non-hydrogen) atoms. The van der Waals surface area contributed by atoms with Gasteiger partial charge in [0.1, 0.15) is 12.6 Å². The zero-order valence-corrected chi connectivity index (χ0v) is 18.9. The molecule has 0 bridgehead atoms. The molecule has 0 spiro atoms. The zero-order valence-electron chi connectivity index (χ0n) is 18.9. The summed E-state index contributed by atoms with van der Waals surface area (Å²) in [5.41, 5.74) is 6.12. The van der Waals surface area contributed by atoms with Crippen molar-refractivity contribution in [2.24, 2.45) is 0 Å². The van der Waals surface area contributed by atoms with Gasteiger partial charge in [0, 0.05) is 11.6 Å². The highest BCUT2D eigenvalue weighted by atomic mass is 16.5. The fourth-order valence-electron chi connectivity index (χ4n) is 4.20. The number of carbonyl (C=O) groups is 3. The Bertz CT molecular complexity index is 1210. The van der Waals surface area contributed by atoms with Crippen molar-refractivity contribution in [3.05, 3.63) is 83.2 Å². The molecule has 3 N–H and O–H groups in total. The Kier molecular flexibility index (Phi) is 6.58. The second-order valence-electron chi connectivity index (χ2n) is 8.20. The first-order chi connectivity index (χ1) is 16.3. The molecule has 0 saturated heterocycles. The third kappa shape index (κ3) is 4.91. The first-order valence-corrected chi connectivity index (χ1v) is 10.9. The third-order valence-electron chi connectivity index (χ3n) is 5.81. The number of nitrogens with zero attached hydrogens (tertiary/aromatic N) is 1. The molecule has 0 aliphatic heterocycles. The van der Waals surface area contributed by atoms with Gasteiger partial charge in [0.25, 0.3) is 0 Å². The lowest BCUT2D eigenvalue weighted by Gasteiger charge is -2.19. The van der Waals surface area contributed by atoms with E-state index >= 15 is 0 Å². The number of carbonyl (C=O) groups excluding carboxylic acids is 2. The number of aliphatic carboxylic acids is 1. The Morgan fingerprint density at radius 3 is 2.18 bits per heavy atom. The van der Waals surface area contributed by atoms with Crippen LogP contribution < -0.4 is 10.6 Å². The van der Waals surface area contributed by atoms with Gasteiger partial charge in [-0.2, -0.15) is 0 Å². The van der Waals surface area contributed by atoms with Crippen LogP contribution in [-0.4, -0.2) is 40.7 Å². The van der Waals surface area contributed by atoms with Crippen LogP contribution in [-0.2, 0) is 14.3 Å². The number of fused-ring (bicyclic) bond motifs is 3. The molecule has 8 heteroatoms. The van der Waals surface area contributed by atoms with Gasteiger partial charge < -0.3 is 20.5 Å². The van der Waals surface area contributed by atoms with E-state index in [2.05, 4.69) is 15.6 Å². The number of anilines is 1. The smallest absolute Gasteiger partial charge is 0.407 e. The van der Waals surface area contributed by atoms with Crippen molar-refractivity contribution < 1.29 is 24.2 Å². The molecule has 0 radical (unpaired) electrons. The van der Waals surface area contributed by atoms with Crippen molar-refractivity contribution in [3.63, 3.8) is 0 Å². The second-order valence-corrected chi connectivity index (χ2v) is 8.20. The highest BCUT2D eigenvalue weighted by Crippen LogP contribution is 2.44. The van der Waals surface area contributed by atoms with E-state index in [0.717, 1.165) is 27.9 Å². The predicted octanol–water partition coefficient (Wildman–Crippen LogP) is 4.02. The first-order valence-electron chi connectivity index (χ1n) is 10.9. The lowest BCUT2D eigenvalue weighted by molar-refractivity contribution is -0.139. The summed E-state index contributed by atoms with van der Waals surface area (Å²) in [7, 11) is 0. The maximum absolute atomic E-state index is 12.7. The van der Waals surface area contributed by atoms with Crippen molar-refractivity contribution in [2.45, 2.75) is 32.2 Å². The summed E-state index contributed by atoms with van der Waals surface area (Å²) in [5, 5.41) is 14.3. The molecule has 2 aromatic carbocycles. The monoisotopic (exact) mass is 459 g/mol. The summed E-state index contributed by atoms with van der Waals surface area (Å²) in [6.07, 6.45) is -1.45. The van der Waals surface area contributed by atoms with Crippen LogP contribution in [0.3, 0.4) is 0 Å². The van der Waals surface area contributed by atoms with Gasteiger partial charge in [-0.15, -0.1) is 0 Å². The topological polar surface area (TPSA) is 118 Å². The second kappa shape index (κ2) is 9.74. The molecule has 8 nitrogen and oxygen atoms in total. The van der Waals surface area contributed by atoms with Crippen LogP contribution in [0.4, 0.5) is 10.5 Å². The van der Waals surface area contributed by atoms with Crippen LogP contribution in [0.5, 0.6) is 0 Å². The van der Waals surface area contributed by atoms with Crippen LogP contribution in [0.15, 0.2) is 60.7 Å². The summed E-state index contributed by atoms with van der Waals surface area (Å²) in [5.74, 6) is -2.03. The van der Waals surface area contributed by atoms with Crippen LogP contribution >= 0.6 is 0 Å². The summed E-state index contributed by atoms with van der Waals surface area (Å²) >= 11 is 0. The van der Waals surface area contributed by atoms with Gasteiger partial charge in [0.15, 0.2) is 0 Å². The maximum atomic E-state index is 12.7. The zero-order chi connectivity index (χ0) is 24.2. The largest absolute Gasteiger partial charge is 0.481 e. The Morgan fingerprint density at radius 1 is 0.971 bits per heavy atom. The average Bonchev–Trinajstić information content (AvgIpc) is 3.12. The van der Waals surface area contributed by atoms with Crippen LogP contribution in [0, 0.1) is 13.8 Å². The van der Waals surface area contributed by atoms with Crippen molar-refractivity contribution in [2.75, 3.05) is 11.9 Å². The number of hydrogen-bond donors (Lipinski definition) is 3. The molecule has 0 saturated carbocycles. The summed E-state index contributed by atoms with van der Waals surface area (Å²) in [6.45, 7) is 3.61. The minimum absolute atomic E-state index is 0.0578. The molecule has 1 aromatic heterocycles. The van der Waals surface area contributed by atoms with E-state index in [4.69, 9.17) is 4.74 Å². The molecule has 1 atom stereocenters. The number of benzene rings is 2. The number of ether oxygens (including phenoxy) is 1. The number of nitrogens with one attached hydrogen (secondary N) is 2.